The Hall–Kier alpha value is -2.30. The third-order valence-corrected chi connectivity index (χ3v) is 2.73. The van der Waals surface area contributed by atoms with Crippen molar-refractivity contribution in [1.82, 2.24) is 9.13 Å². The predicted octanol–water partition coefficient (Wildman–Crippen LogP) is 0.602. The summed E-state index contributed by atoms with van der Waals surface area (Å²) in [7, 11) is 5.18. The van der Waals surface area contributed by atoms with Gasteiger partial charge in [0.2, 0.25) is 0 Å². The number of hydrogen-bond donors (Lipinski definition) is 0. The van der Waals surface area contributed by atoms with E-state index in [9.17, 15) is 9.59 Å². The summed E-state index contributed by atoms with van der Waals surface area (Å²) >= 11 is 0. The molecule has 1 aromatic carbocycles. The fourth-order valence-electron chi connectivity index (χ4n) is 1.76. The van der Waals surface area contributed by atoms with Crippen molar-refractivity contribution in [2.75, 3.05) is 19.0 Å². The Kier molecular flexibility index (Phi) is 3.06. The lowest BCUT2D eigenvalue weighted by atomic mass is 10.3. The van der Waals surface area contributed by atoms with Crippen LogP contribution < -0.4 is 16.1 Å². The first-order valence-electron chi connectivity index (χ1n) is 5.58. The van der Waals surface area contributed by atoms with E-state index in [1.54, 1.807) is 56.5 Å². The Labute approximate surface area is 105 Å². The number of nitrogens with zero attached hydrogens (tertiary/aromatic N) is 3. The standard InChI is InChI=1S/C13H15N3O2/c1-14(2)11-9-15(3)13(18)16(12(11)17)10-7-5-4-6-8-10/h4-9H,1-3H3. The summed E-state index contributed by atoms with van der Waals surface area (Å²) in [5.41, 5.74) is 0.388. The van der Waals surface area contributed by atoms with Crippen molar-refractivity contribution >= 4 is 5.69 Å². The number of aryl methyl sites for hydroxylation is 1. The van der Waals surface area contributed by atoms with Gasteiger partial charge in [0.1, 0.15) is 5.69 Å². The van der Waals surface area contributed by atoms with Gasteiger partial charge in [-0.1, -0.05) is 18.2 Å². The molecule has 18 heavy (non-hydrogen) atoms. The molecule has 0 atom stereocenters. The third-order valence-electron chi connectivity index (χ3n) is 2.73. The highest BCUT2D eigenvalue weighted by atomic mass is 16.2. The van der Waals surface area contributed by atoms with Crippen molar-refractivity contribution < 1.29 is 0 Å². The quantitative estimate of drug-likeness (QED) is 0.778. The molecule has 0 fully saturated rings. The fraction of sp³-hybridized carbons (Fsp3) is 0.231. The summed E-state index contributed by atoms with van der Waals surface area (Å²) in [6.45, 7) is 0. The third kappa shape index (κ3) is 1.95. The van der Waals surface area contributed by atoms with Crippen LogP contribution in [0.25, 0.3) is 5.69 Å². The second-order valence-electron chi connectivity index (χ2n) is 4.28. The molecule has 0 N–H and O–H groups in total. The molecule has 0 bridgehead atoms. The summed E-state index contributed by atoms with van der Waals surface area (Å²) in [6, 6.07) is 8.91. The zero-order chi connectivity index (χ0) is 13.3. The number of para-hydroxylation sites is 1. The van der Waals surface area contributed by atoms with Crippen LogP contribution in [0, 0.1) is 0 Å². The van der Waals surface area contributed by atoms with Gasteiger partial charge in [-0.15, -0.1) is 0 Å². The first-order valence-corrected chi connectivity index (χ1v) is 5.58. The van der Waals surface area contributed by atoms with Crippen LogP contribution in [0.1, 0.15) is 0 Å². The van der Waals surface area contributed by atoms with Crippen LogP contribution in [-0.4, -0.2) is 23.2 Å². The number of hydrogen-bond acceptors (Lipinski definition) is 3. The molecule has 0 aliphatic heterocycles. The van der Waals surface area contributed by atoms with Gasteiger partial charge in [0.25, 0.3) is 5.56 Å². The van der Waals surface area contributed by atoms with Gasteiger partial charge in [-0.25, -0.2) is 9.36 Å². The maximum atomic E-state index is 12.3. The smallest absolute Gasteiger partial charge is 0.335 e. The maximum Gasteiger partial charge on any atom is 0.335 e. The van der Waals surface area contributed by atoms with Crippen LogP contribution in [0.3, 0.4) is 0 Å². The molecule has 0 saturated carbocycles. The van der Waals surface area contributed by atoms with Gasteiger partial charge in [-0.05, 0) is 12.1 Å². The molecule has 0 aliphatic rings. The van der Waals surface area contributed by atoms with E-state index >= 15 is 0 Å². The molecular weight excluding hydrogens is 230 g/mol. The highest BCUT2D eigenvalue weighted by molar-refractivity contribution is 5.43. The van der Waals surface area contributed by atoms with Crippen LogP contribution in [0.5, 0.6) is 0 Å². The molecule has 94 valence electrons. The summed E-state index contributed by atoms with van der Waals surface area (Å²) in [4.78, 5) is 26.1. The number of benzene rings is 1. The largest absolute Gasteiger partial charge is 0.372 e. The lowest BCUT2D eigenvalue weighted by molar-refractivity contribution is 0.734. The molecule has 0 amide bonds. The van der Waals surface area contributed by atoms with Crippen molar-refractivity contribution in [2.45, 2.75) is 0 Å². The number of aromatic nitrogens is 2. The number of anilines is 1. The molecule has 5 nitrogen and oxygen atoms in total. The molecule has 2 aromatic rings. The second-order valence-corrected chi connectivity index (χ2v) is 4.28. The van der Waals surface area contributed by atoms with Crippen molar-refractivity contribution in [2.24, 2.45) is 7.05 Å². The topological polar surface area (TPSA) is 47.2 Å². The minimum Gasteiger partial charge on any atom is -0.372 e. The maximum absolute atomic E-state index is 12.3. The van der Waals surface area contributed by atoms with Gasteiger partial charge >= 0.3 is 5.69 Å². The average Bonchev–Trinajstić information content (AvgIpc) is 2.35. The van der Waals surface area contributed by atoms with E-state index in [0.717, 1.165) is 0 Å². The van der Waals surface area contributed by atoms with Crippen LogP contribution in [0.4, 0.5) is 5.69 Å². The molecule has 0 unspecified atom stereocenters. The van der Waals surface area contributed by atoms with Crippen molar-refractivity contribution in [3.8, 4) is 5.69 Å². The van der Waals surface area contributed by atoms with Gasteiger partial charge in [0, 0.05) is 27.3 Å². The normalized spacial score (nSPS) is 10.4. The monoisotopic (exact) mass is 245 g/mol. The predicted molar refractivity (Wildman–Crippen MR) is 71.6 cm³/mol. The van der Waals surface area contributed by atoms with E-state index in [1.165, 1.54) is 9.13 Å². The summed E-state index contributed by atoms with van der Waals surface area (Å²) in [5.74, 6) is 0. The van der Waals surface area contributed by atoms with Crippen molar-refractivity contribution in [1.29, 1.82) is 0 Å². The first-order chi connectivity index (χ1) is 8.52. The summed E-state index contributed by atoms with van der Waals surface area (Å²) in [5, 5.41) is 0. The Morgan fingerprint density at radius 3 is 2.22 bits per heavy atom. The van der Waals surface area contributed by atoms with Gasteiger partial charge in [-0.2, -0.15) is 0 Å². The highest BCUT2D eigenvalue weighted by Crippen LogP contribution is 2.05. The minimum atomic E-state index is -0.350. The van der Waals surface area contributed by atoms with Crippen LogP contribution >= 0.6 is 0 Å². The zero-order valence-electron chi connectivity index (χ0n) is 10.6. The Bertz CT molecular complexity index is 669. The molecule has 0 saturated heterocycles. The second kappa shape index (κ2) is 4.52. The van der Waals surface area contributed by atoms with Crippen molar-refractivity contribution in [3.05, 3.63) is 57.4 Å². The van der Waals surface area contributed by atoms with E-state index in [2.05, 4.69) is 0 Å². The molecule has 1 heterocycles. The number of rotatable bonds is 2. The van der Waals surface area contributed by atoms with Gasteiger partial charge in [0.05, 0.1) is 5.69 Å². The van der Waals surface area contributed by atoms with E-state index in [-0.39, 0.29) is 11.2 Å². The lowest BCUT2D eigenvalue weighted by Gasteiger charge is -2.15. The van der Waals surface area contributed by atoms with Gasteiger partial charge < -0.3 is 9.47 Å². The average molecular weight is 245 g/mol. The molecule has 2 rings (SSSR count). The van der Waals surface area contributed by atoms with E-state index in [4.69, 9.17) is 0 Å². The van der Waals surface area contributed by atoms with Crippen molar-refractivity contribution in [3.63, 3.8) is 0 Å². The Balaban J connectivity index is 2.83. The van der Waals surface area contributed by atoms with Crippen LogP contribution in [-0.2, 0) is 7.05 Å². The Morgan fingerprint density at radius 1 is 1.06 bits per heavy atom. The summed E-state index contributed by atoms with van der Waals surface area (Å²) < 4.78 is 2.58. The highest BCUT2D eigenvalue weighted by Gasteiger charge is 2.12. The van der Waals surface area contributed by atoms with Gasteiger partial charge in [0.15, 0.2) is 0 Å². The molecule has 0 aliphatic carbocycles. The zero-order valence-corrected chi connectivity index (χ0v) is 10.6. The first kappa shape index (κ1) is 12.2. The van der Waals surface area contributed by atoms with Crippen LogP contribution in [0.15, 0.2) is 46.1 Å². The van der Waals surface area contributed by atoms with E-state index < -0.39 is 0 Å². The molecular formula is C13H15N3O2. The van der Waals surface area contributed by atoms with E-state index in [1.807, 2.05) is 6.07 Å². The molecule has 0 radical (unpaired) electrons. The Morgan fingerprint density at radius 2 is 1.67 bits per heavy atom. The SMILES string of the molecule is CN(C)c1cn(C)c(=O)n(-c2ccccc2)c1=O. The molecule has 0 spiro atoms. The molecule has 5 heteroatoms. The lowest BCUT2D eigenvalue weighted by Crippen LogP contribution is -2.39. The van der Waals surface area contributed by atoms with Gasteiger partial charge in [-0.3, -0.25) is 4.79 Å². The fourth-order valence-corrected chi connectivity index (χ4v) is 1.76. The minimum absolute atomic E-state index is 0.311. The molecule has 1 aromatic heterocycles. The summed E-state index contributed by atoms with van der Waals surface area (Å²) in [6.07, 6.45) is 1.55. The van der Waals surface area contributed by atoms with E-state index in [0.29, 0.717) is 11.4 Å². The van der Waals surface area contributed by atoms with Crippen LogP contribution in [0.2, 0.25) is 0 Å².